The smallest absolute Gasteiger partial charge is 0.252 e. The lowest BCUT2D eigenvalue weighted by Gasteiger charge is -2.30. The molecule has 1 fully saturated rings. The van der Waals surface area contributed by atoms with Crippen LogP contribution >= 0.6 is 11.3 Å². The van der Waals surface area contributed by atoms with Crippen molar-refractivity contribution in [3.8, 4) is 0 Å². The SMILES string of the molecule is CN(C)Cc1ccccc1CNC(=O)[C@H]1CCCN(S(=O)(=O)c2cccs2)C1. The summed E-state index contributed by atoms with van der Waals surface area (Å²) in [5.41, 5.74) is 2.27. The third kappa shape index (κ3) is 5.00. The first-order chi connectivity index (χ1) is 13.4. The summed E-state index contributed by atoms with van der Waals surface area (Å²) in [6.45, 7) is 1.97. The number of piperidine rings is 1. The van der Waals surface area contributed by atoms with E-state index in [9.17, 15) is 13.2 Å². The highest BCUT2D eigenvalue weighted by atomic mass is 32.2. The van der Waals surface area contributed by atoms with Crippen molar-refractivity contribution in [3.05, 3.63) is 52.9 Å². The molecule has 1 aliphatic heterocycles. The van der Waals surface area contributed by atoms with E-state index < -0.39 is 10.0 Å². The predicted octanol–water partition coefficient (Wildman–Crippen LogP) is 2.53. The molecule has 0 spiro atoms. The Morgan fingerprint density at radius 1 is 1.21 bits per heavy atom. The summed E-state index contributed by atoms with van der Waals surface area (Å²) >= 11 is 1.21. The van der Waals surface area contributed by atoms with Crippen molar-refractivity contribution in [2.45, 2.75) is 30.1 Å². The summed E-state index contributed by atoms with van der Waals surface area (Å²) in [7, 11) is 0.522. The van der Waals surface area contributed by atoms with Crippen LogP contribution in [0, 0.1) is 5.92 Å². The van der Waals surface area contributed by atoms with E-state index in [0.717, 1.165) is 12.1 Å². The van der Waals surface area contributed by atoms with Crippen LogP contribution in [0.1, 0.15) is 24.0 Å². The van der Waals surface area contributed by atoms with Gasteiger partial charge in [0.15, 0.2) is 0 Å². The van der Waals surface area contributed by atoms with E-state index in [1.165, 1.54) is 21.2 Å². The van der Waals surface area contributed by atoms with Crippen LogP contribution in [0.5, 0.6) is 0 Å². The maximum atomic E-state index is 12.7. The molecule has 3 rings (SSSR count). The van der Waals surface area contributed by atoms with Gasteiger partial charge in [-0.15, -0.1) is 11.3 Å². The fourth-order valence-corrected chi connectivity index (χ4v) is 6.13. The maximum Gasteiger partial charge on any atom is 0.252 e. The number of rotatable bonds is 7. The number of sulfonamides is 1. The van der Waals surface area contributed by atoms with Crippen LogP contribution in [-0.4, -0.2) is 50.7 Å². The Morgan fingerprint density at radius 3 is 2.64 bits per heavy atom. The van der Waals surface area contributed by atoms with Crippen molar-refractivity contribution >= 4 is 27.3 Å². The van der Waals surface area contributed by atoms with Crippen molar-refractivity contribution in [1.29, 1.82) is 0 Å². The van der Waals surface area contributed by atoms with Crippen molar-refractivity contribution < 1.29 is 13.2 Å². The number of hydrogen-bond acceptors (Lipinski definition) is 5. The molecule has 1 atom stereocenters. The molecule has 6 nitrogen and oxygen atoms in total. The molecule has 1 saturated heterocycles. The molecule has 28 heavy (non-hydrogen) atoms. The fourth-order valence-electron chi connectivity index (χ4n) is 3.46. The van der Waals surface area contributed by atoms with Gasteiger partial charge in [-0.05, 0) is 49.5 Å². The van der Waals surface area contributed by atoms with Crippen LogP contribution < -0.4 is 5.32 Å². The van der Waals surface area contributed by atoms with Crippen LogP contribution in [0.3, 0.4) is 0 Å². The molecule has 1 aromatic heterocycles. The highest BCUT2D eigenvalue weighted by molar-refractivity contribution is 7.91. The lowest BCUT2D eigenvalue weighted by atomic mass is 9.98. The molecule has 1 amide bonds. The molecule has 2 aromatic rings. The minimum absolute atomic E-state index is 0.0780. The number of carbonyl (C=O) groups is 1. The number of nitrogens with one attached hydrogen (secondary N) is 1. The van der Waals surface area contributed by atoms with E-state index in [4.69, 9.17) is 0 Å². The monoisotopic (exact) mass is 421 g/mol. The maximum absolute atomic E-state index is 12.7. The topological polar surface area (TPSA) is 69.7 Å². The van der Waals surface area contributed by atoms with E-state index in [-0.39, 0.29) is 18.4 Å². The molecule has 0 unspecified atom stereocenters. The first kappa shape index (κ1) is 21.0. The number of amides is 1. The second-order valence-electron chi connectivity index (χ2n) is 7.36. The summed E-state index contributed by atoms with van der Waals surface area (Å²) < 4.78 is 27.3. The third-order valence-corrected chi connectivity index (χ3v) is 8.14. The Hall–Kier alpha value is -1.74. The largest absolute Gasteiger partial charge is 0.352 e. The summed E-state index contributed by atoms with van der Waals surface area (Å²) in [5.74, 6) is -0.393. The van der Waals surface area contributed by atoms with E-state index >= 15 is 0 Å². The van der Waals surface area contributed by atoms with Crippen molar-refractivity contribution in [2.75, 3.05) is 27.2 Å². The third-order valence-electron chi connectivity index (χ3n) is 4.90. The number of thiophene rings is 1. The van der Waals surface area contributed by atoms with Gasteiger partial charge in [0.05, 0.1) is 5.92 Å². The molecule has 1 N–H and O–H groups in total. The van der Waals surface area contributed by atoms with Gasteiger partial charge in [0.2, 0.25) is 5.91 Å². The number of hydrogen-bond donors (Lipinski definition) is 1. The van der Waals surface area contributed by atoms with Crippen LogP contribution in [0.4, 0.5) is 0 Å². The zero-order chi connectivity index (χ0) is 20.1. The van der Waals surface area contributed by atoms with Crippen LogP contribution in [0.15, 0.2) is 46.0 Å². The van der Waals surface area contributed by atoms with Gasteiger partial charge < -0.3 is 10.2 Å². The quantitative estimate of drug-likeness (QED) is 0.746. The second kappa shape index (κ2) is 9.17. The zero-order valence-electron chi connectivity index (χ0n) is 16.3. The Kier molecular flexibility index (Phi) is 6.87. The molecule has 1 aliphatic rings. The van der Waals surface area contributed by atoms with Gasteiger partial charge in [-0.1, -0.05) is 30.3 Å². The van der Waals surface area contributed by atoms with Gasteiger partial charge >= 0.3 is 0 Å². The van der Waals surface area contributed by atoms with E-state index in [1.807, 2.05) is 32.3 Å². The molecule has 152 valence electrons. The minimum Gasteiger partial charge on any atom is -0.352 e. The van der Waals surface area contributed by atoms with Crippen molar-refractivity contribution in [3.63, 3.8) is 0 Å². The fraction of sp³-hybridized carbons (Fsp3) is 0.450. The number of benzene rings is 1. The van der Waals surface area contributed by atoms with Gasteiger partial charge in [0, 0.05) is 26.2 Å². The normalized spacial score (nSPS) is 18.3. The highest BCUT2D eigenvalue weighted by Crippen LogP contribution is 2.26. The Bertz CT molecular complexity index is 895. The van der Waals surface area contributed by atoms with Gasteiger partial charge in [-0.3, -0.25) is 4.79 Å². The molecule has 1 aromatic carbocycles. The highest BCUT2D eigenvalue weighted by Gasteiger charge is 2.33. The molecular formula is C20H27N3O3S2. The molecule has 0 radical (unpaired) electrons. The first-order valence-corrected chi connectivity index (χ1v) is 11.7. The first-order valence-electron chi connectivity index (χ1n) is 9.41. The molecular weight excluding hydrogens is 394 g/mol. The lowest BCUT2D eigenvalue weighted by molar-refractivity contribution is -0.126. The average molecular weight is 422 g/mol. The molecule has 0 bridgehead atoms. The summed E-state index contributed by atoms with van der Waals surface area (Å²) in [5, 5.41) is 4.77. The Morgan fingerprint density at radius 2 is 1.96 bits per heavy atom. The van der Waals surface area contributed by atoms with Crippen molar-refractivity contribution in [1.82, 2.24) is 14.5 Å². The van der Waals surface area contributed by atoms with Crippen LogP contribution in [-0.2, 0) is 27.9 Å². The van der Waals surface area contributed by atoms with E-state index in [1.54, 1.807) is 17.5 Å². The summed E-state index contributed by atoms with van der Waals surface area (Å²) in [4.78, 5) is 14.8. The summed E-state index contributed by atoms with van der Waals surface area (Å²) in [6.07, 6.45) is 1.40. The second-order valence-corrected chi connectivity index (χ2v) is 10.5. The van der Waals surface area contributed by atoms with Gasteiger partial charge in [0.25, 0.3) is 10.0 Å². The number of carbonyl (C=O) groups excluding carboxylic acids is 1. The zero-order valence-corrected chi connectivity index (χ0v) is 17.9. The molecule has 8 heteroatoms. The Labute approximate surface area is 171 Å². The summed E-state index contributed by atoms with van der Waals surface area (Å²) in [6, 6.07) is 11.4. The molecule has 0 saturated carbocycles. The Balaban J connectivity index is 1.62. The van der Waals surface area contributed by atoms with E-state index in [0.29, 0.717) is 30.1 Å². The van der Waals surface area contributed by atoms with Gasteiger partial charge in [-0.25, -0.2) is 8.42 Å². The number of nitrogens with zero attached hydrogens (tertiary/aromatic N) is 2. The predicted molar refractivity (Wildman–Crippen MR) is 111 cm³/mol. The van der Waals surface area contributed by atoms with Gasteiger partial charge in [0.1, 0.15) is 4.21 Å². The van der Waals surface area contributed by atoms with Crippen molar-refractivity contribution in [2.24, 2.45) is 5.92 Å². The van der Waals surface area contributed by atoms with Crippen LogP contribution in [0.2, 0.25) is 0 Å². The van der Waals surface area contributed by atoms with Crippen LogP contribution in [0.25, 0.3) is 0 Å². The molecule has 0 aliphatic carbocycles. The minimum atomic E-state index is -3.51. The van der Waals surface area contributed by atoms with E-state index in [2.05, 4.69) is 16.3 Å². The average Bonchev–Trinajstić information content (AvgIpc) is 3.22. The van der Waals surface area contributed by atoms with Gasteiger partial charge in [-0.2, -0.15) is 4.31 Å². The standard InChI is InChI=1S/C20H27N3O3S2/c1-22(2)14-17-8-4-3-7-16(17)13-21-20(24)18-9-5-11-23(15-18)28(25,26)19-10-6-12-27-19/h3-4,6-8,10,12,18H,5,9,11,13-15H2,1-2H3,(H,21,24)/t18-/m0/s1. The lowest BCUT2D eigenvalue weighted by Crippen LogP contribution is -2.45. The molecule has 2 heterocycles.